The van der Waals surface area contributed by atoms with Crippen molar-refractivity contribution in [1.29, 1.82) is 0 Å². The molecule has 2 aliphatic heterocycles. The highest BCUT2D eigenvalue weighted by Gasteiger charge is 2.59. The SMILES string of the molecule is COc1ccc2c(c1)[C@@H]1NC(=S)N(c3ccccc3)[C@@](C)(O2)[C@@H]1C(=O)Nc1ccc(Cl)cc1. The molecule has 2 N–H and O–H groups in total. The summed E-state index contributed by atoms with van der Waals surface area (Å²) in [7, 11) is 1.61. The number of para-hydroxylation sites is 1. The van der Waals surface area contributed by atoms with E-state index in [-0.39, 0.29) is 5.91 Å². The van der Waals surface area contributed by atoms with E-state index in [1.165, 1.54) is 0 Å². The Bertz CT molecular complexity index is 1220. The van der Waals surface area contributed by atoms with E-state index in [2.05, 4.69) is 10.6 Å². The number of fused-ring (bicyclic) bond motifs is 4. The van der Waals surface area contributed by atoms with E-state index in [4.69, 9.17) is 33.3 Å². The van der Waals surface area contributed by atoms with Crippen LogP contribution in [0.25, 0.3) is 0 Å². The fourth-order valence-corrected chi connectivity index (χ4v) is 5.15. The molecule has 5 rings (SSSR count). The summed E-state index contributed by atoms with van der Waals surface area (Å²) in [6.07, 6.45) is 0. The molecule has 2 heterocycles. The van der Waals surface area contributed by atoms with Crippen LogP contribution in [0.5, 0.6) is 11.5 Å². The Morgan fingerprint density at radius 1 is 1.15 bits per heavy atom. The van der Waals surface area contributed by atoms with Crippen molar-refractivity contribution in [2.24, 2.45) is 5.92 Å². The third-order valence-corrected chi connectivity index (χ3v) is 6.67. The number of methoxy groups -OCH3 is 1. The average molecular weight is 480 g/mol. The first kappa shape index (κ1) is 21.6. The Morgan fingerprint density at radius 2 is 1.88 bits per heavy atom. The maximum atomic E-state index is 13.8. The number of nitrogens with zero attached hydrogens (tertiary/aromatic N) is 1. The lowest BCUT2D eigenvalue weighted by atomic mass is 9.78. The molecule has 0 spiro atoms. The van der Waals surface area contributed by atoms with Gasteiger partial charge in [-0.1, -0.05) is 29.8 Å². The number of hydrogen-bond donors (Lipinski definition) is 2. The number of hydrogen-bond acceptors (Lipinski definition) is 4. The summed E-state index contributed by atoms with van der Waals surface area (Å²) in [6.45, 7) is 1.90. The van der Waals surface area contributed by atoms with Crippen molar-refractivity contribution in [2.45, 2.75) is 18.7 Å². The van der Waals surface area contributed by atoms with Crippen molar-refractivity contribution < 1.29 is 14.3 Å². The van der Waals surface area contributed by atoms with Gasteiger partial charge in [-0.05, 0) is 73.7 Å². The molecule has 3 aromatic carbocycles. The molecular formula is C25H22ClN3O3S. The van der Waals surface area contributed by atoms with Gasteiger partial charge in [-0.15, -0.1) is 0 Å². The average Bonchev–Trinajstić information content (AvgIpc) is 2.80. The minimum Gasteiger partial charge on any atom is -0.497 e. The normalized spacial score (nSPS) is 23.1. The van der Waals surface area contributed by atoms with Gasteiger partial charge in [0, 0.05) is 22.0 Å². The van der Waals surface area contributed by atoms with Gasteiger partial charge in [0.05, 0.1) is 13.2 Å². The summed E-state index contributed by atoms with van der Waals surface area (Å²) in [5, 5.41) is 7.50. The fraction of sp³-hybridized carbons (Fsp3) is 0.200. The molecule has 8 heteroatoms. The summed E-state index contributed by atoms with van der Waals surface area (Å²) in [5.41, 5.74) is 1.22. The third-order valence-electron chi connectivity index (χ3n) is 6.11. The van der Waals surface area contributed by atoms with Gasteiger partial charge in [0.25, 0.3) is 0 Å². The van der Waals surface area contributed by atoms with Crippen LogP contribution in [0.4, 0.5) is 11.4 Å². The zero-order valence-electron chi connectivity index (χ0n) is 18.0. The smallest absolute Gasteiger partial charge is 0.236 e. The van der Waals surface area contributed by atoms with Gasteiger partial charge in [0.15, 0.2) is 10.8 Å². The summed E-state index contributed by atoms with van der Waals surface area (Å²) in [4.78, 5) is 15.6. The highest BCUT2D eigenvalue weighted by Crippen LogP contribution is 2.50. The highest BCUT2D eigenvalue weighted by molar-refractivity contribution is 7.80. The van der Waals surface area contributed by atoms with Crippen molar-refractivity contribution in [2.75, 3.05) is 17.3 Å². The van der Waals surface area contributed by atoms with Crippen LogP contribution >= 0.6 is 23.8 Å². The lowest BCUT2D eigenvalue weighted by Crippen LogP contribution is -2.72. The Balaban J connectivity index is 1.62. The monoisotopic (exact) mass is 479 g/mol. The molecule has 0 saturated carbocycles. The molecule has 0 aromatic heterocycles. The molecule has 2 aliphatic rings. The highest BCUT2D eigenvalue weighted by atomic mass is 35.5. The number of anilines is 2. The van der Waals surface area contributed by atoms with Crippen molar-refractivity contribution in [3.8, 4) is 11.5 Å². The minimum atomic E-state index is -1.08. The third kappa shape index (κ3) is 3.67. The second-order valence-corrected chi connectivity index (χ2v) is 8.96. The number of thiocarbonyl (C=S) groups is 1. The Kier molecular flexibility index (Phi) is 5.38. The molecule has 0 unspecified atom stereocenters. The van der Waals surface area contributed by atoms with E-state index >= 15 is 0 Å². The standard InChI is InChI=1S/C25H22ClN3O3S/c1-25-21(23(30)27-16-10-8-15(26)9-11-16)22(19-14-18(31-2)12-13-20(19)32-25)28-24(33)29(25)17-6-4-3-5-7-17/h3-14,21-22H,1-2H3,(H,27,30)(H,28,33)/t21-,22-,25-/m0/s1. The van der Waals surface area contributed by atoms with Crippen LogP contribution in [-0.4, -0.2) is 23.9 Å². The summed E-state index contributed by atoms with van der Waals surface area (Å²) >= 11 is 11.8. The van der Waals surface area contributed by atoms with Crippen molar-refractivity contribution >= 4 is 46.2 Å². The van der Waals surface area contributed by atoms with E-state index in [9.17, 15) is 4.79 Å². The number of amides is 1. The molecule has 1 amide bonds. The van der Waals surface area contributed by atoms with E-state index in [1.54, 1.807) is 31.4 Å². The molecule has 1 saturated heterocycles. The zero-order chi connectivity index (χ0) is 23.2. The number of carbonyl (C=O) groups excluding carboxylic acids is 1. The molecule has 3 aromatic rings. The number of ether oxygens (including phenoxy) is 2. The largest absolute Gasteiger partial charge is 0.497 e. The van der Waals surface area contributed by atoms with Crippen LogP contribution in [-0.2, 0) is 4.79 Å². The first-order valence-corrected chi connectivity index (χ1v) is 11.3. The molecule has 1 fully saturated rings. The van der Waals surface area contributed by atoms with Crippen molar-refractivity contribution in [3.63, 3.8) is 0 Å². The molecule has 3 atom stereocenters. The lowest BCUT2D eigenvalue weighted by Gasteiger charge is -2.56. The summed E-state index contributed by atoms with van der Waals surface area (Å²) in [5.74, 6) is 0.514. The van der Waals surface area contributed by atoms with Crippen molar-refractivity contribution in [3.05, 3.63) is 83.4 Å². The van der Waals surface area contributed by atoms with Gasteiger partial charge in [-0.3, -0.25) is 9.69 Å². The Labute approximate surface area is 202 Å². The van der Waals surface area contributed by atoms with E-state index in [0.29, 0.717) is 27.3 Å². The number of benzene rings is 3. The summed E-state index contributed by atoms with van der Waals surface area (Å²) in [6, 6.07) is 21.9. The van der Waals surface area contributed by atoms with Crippen molar-refractivity contribution in [1.82, 2.24) is 5.32 Å². The topological polar surface area (TPSA) is 62.8 Å². The van der Waals surface area contributed by atoms with Crippen LogP contribution in [0.2, 0.25) is 5.02 Å². The van der Waals surface area contributed by atoms with Crippen LogP contribution < -0.4 is 25.0 Å². The second kappa shape index (κ2) is 8.24. The molecule has 0 radical (unpaired) electrons. The van der Waals surface area contributed by atoms with Crippen LogP contribution in [0.1, 0.15) is 18.5 Å². The van der Waals surface area contributed by atoms with Gasteiger partial charge in [0.2, 0.25) is 5.91 Å². The molecule has 33 heavy (non-hydrogen) atoms. The van der Waals surface area contributed by atoms with Crippen LogP contribution in [0, 0.1) is 5.92 Å². The molecule has 0 aliphatic carbocycles. The van der Waals surface area contributed by atoms with E-state index < -0.39 is 17.7 Å². The fourth-order valence-electron chi connectivity index (χ4n) is 4.61. The minimum absolute atomic E-state index is 0.200. The number of halogens is 1. The molecule has 2 bridgehead atoms. The van der Waals surface area contributed by atoms with Gasteiger partial charge in [-0.25, -0.2) is 0 Å². The van der Waals surface area contributed by atoms with Gasteiger partial charge < -0.3 is 20.1 Å². The summed E-state index contributed by atoms with van der Waals surface area (Å²) < 4.78 is 12.0. The van der Waals surface area contributed by atoms with Gasteiger partial charge in [0.1, 0.15) is 17.4 Å². The molecule has 6 nitrogen and oxygen atoms in total. The Morgan fingerprint density at radius 3 is 2.58 bits per heavy atom. The first-order chi connectivity index (χ1) is 15.9. The quantitative estimate of drug-likeness (QED) is 0.505. The number of carbonyl (C=O) groups is 1. The van der Waals surface area contributed by atoms with Gasteiger partial charge in [-0.2, -0.15) is 0 Å². The molecular weight excluding hydrogens is 458 g/mol. The number of nitrogens with one attached hydrogen (secondary N) is 2. The number of rotatable bonds is 4. The predicted molar refractivity (Wildman–Crippen MR) is 133 cm³/mol. The maximum absolute atomic E-state index is 13.8. The Hall–Kier alpha value is -3.29. The lowest BCUT2D eigenvalue weighted by molar-refractivity contribution is -0.130. The van der Waals surface area contributed by atoms with E-state index in [0.717, 1.165) is 11.3 Å². The zero-order valence-corrected chi connectivity index (χ0v) is 19.6. The maximum Gasteiger partial charge on any atom is 0.236 e. The molecule has 168 valence electrons. The first-order valence-electron chi connectivity index (χ1n) is 10.5. The second-order valence-electron chi connectivity index (χ2n) is 8.13. The van der Waals surface area contributed by atoms with Crippen LogP contribution in [0.15, 0.2) is 72.8 Å². The van der Waals surface area contributed by atoms with E-state index in [1.807, 2.05) is 60.4 Å². The van der Waals surface area contributed by atoms with Crippen LogP contribution in [0.3, 0.4) is 0 Å². The van der Waals surface area contributed by atoms with Gasteiger partial charge >= 0.3 is 0 Å². The predicted octanol–water partition coefficient (Wildman–Crippen LogP) is 5.15.